The summed E-state index contributed by atoms with van der Waals surface area (Å²) in [6.45, 7) is 11.6. The van der Waals surface area contributed by atoms with Crippen LogP contribution in [-0.2, 0) is 4.74 Å². The standard InChI is InChI=1S/C17H33NO/c1-5-11-18-15(16(3,4)6-2)14-8-12-19-17(13-14)9-7-10-17/h14-15,18H,5-13H2,1-4H3. The van der Waals surface area contributed by atoms with Crippen LogP contribution in [0.3, 0.4) is 0 Å². The molecule has 1 aliphatic heterocycles. The Morgan fingerprint density at radius 2 is 2.05 bits per heavy atom. The number of rotatable bonds is 6. The predicted molar refractivity (Wildman–Crippen MR) is 81.4 cm³/mol. The van der Waals surface area contributed by atoms with Gasteiger partial charge in [-0.15, -0.1) is 0 Å². The van der Waals surface area contributed by atoms with Crippen LogP contribution in [-0.4, -0.2) is 24.8 Å². The van der Waals surface area contributed by atoms with Crippen LogP contribution < -0.4 is 5.32 Å². The maximum Gasteiger partial charge on any atom is 0.0685 e. The molecule has 0 aromatic heterocycles. The third kappa shape index (κ3) is 3.33. The van der Waals surface area contributed by atoms with Gasteiger partial charge in [0.05, 0.1) is 5.60 Å². The number of ether oxygens (including phenoxy) is 1. The number of hydrogen-bond acceptors (Lipinski definition) is 2. The fourth-order valence-corrected chi connectivity index (χ4v) is 3.87. The van der Waals surface area contributed by atoms with Crippen LogP contribution in [0.1, 0.15) is 72.6 Å². The summed E-state index contributed by atoms with van der Waals surface area (Å²) in [4.78, 5) is 0. The maximum atomic E-state index is 6.10. The topological polar surface area (TPSA) is 21.3 Å². The molecule has 19 heavy (non-hydrogen) atoms. The van der Waals surface area contributed by atoms with Crippen LogP contribution in [0.4, 0.5) is 0 Å². The Morgan fingerprint density at radius 3 is 2.58 bits per heavy atom. The Kier molecular flexibility index (Phi) is 4.94. The van der Waals surface area contributed by atoms with Crippen molar-refractivity contribution >= 4 is 0 Å². The Morgan fingerprint density at radius 1 is 1.32 bits per heavy atom. The van der Waals surface area contributed by atoms with Crippen molar-refractivity contribution in [3.05, 3.63) is 0 Å². The molecular weight excluding hydrogens is 234 g/mol. The van der Waals surface area contributed by atoms with Gasteiger partial charge in [-0.1, -0.05) is 27.7 Å². The zero-order valence-electron chi connectivity index (χ0n) is 13.4. The van der Waals surface area contributed by atoms with Gasteiger partial charge in [-0.3, -0.25) is 0 Å². The summed E-state index contributed by atoms with van der Waals surface area (Å²) in [5, 5.41) is 3.86. The van der Waals surface area contributed by atoms with E-state index >= 15 is 0 Å². The van der Waals surface area contributed by atoms with Gasteiger partial charge < -0.3 is 10.1 Å². The SMILES string of the molecule is CCCNC(C1CCOC2(CCC2)C1)C(C)(C)CC. The van der Waals surface area contributed by atoms with Gasteiger partial charge in [-0.25, -0.2) is 0 Å². The Bertz CT molecular complexity index is 283. The maximum absolute atomic E-state index is 6.10. The molecule has 2 aliphatic rings. The second kappa shape index (κ2) is 6.13. The van der Waals surface area contributed by atoms with Crippen LogP contribution >= 0.6 is 0 Å². The van der Waals surface area contributed by atoms with E-state index in [1.54, 1.807) is 0 Å². The van der Waals surface area contributed by atoms with Crippen LogP contribution in [0.15, 0.2) is 0 Å². The van der Waals surface area contributed by atoms with Crippen LogP contribution in [0, 0.1) is 11.3 Å². The van der Waals surface area contributed by atoms with E-state index in [1.165, 1.54) is 44.9 Å². The van der Waals surface area contributed by atoms with Crippen molar-refractivity contribution in [2.75, 3.05) is 13.2 Å². The van der Waals surface area contributed by atoms with E-state index in [9.17, 15) is 0 Å². The fourth-order valence-electron chi connectivity index (χ4n) is 3.87. The lowest BCUT2D eigenvalue weighted by molar-refractivity contribution is -0.151. The number of hydrogen-bond donors (Lipinski definition) is 1. The van der Waals surface area contributed by atoms with Gasteiger partial charge >= 0.3 is 0 Å². The van der Waals surface area contributed by atoms with Crippen molar-refractivity contribution < 1.29 is 4.74 Å². The first-order valence-electron chi connectivity index (χ1n) is 8.40. The van der Waals surface area contributed by atoms with Gasteiger partial charge in [-0.2, -0.15) is 0 Å². The fraction of sp³-hybridized carbons (Fsp3) is 1.00. The third-order valence-electron chi connectivity index (χ3n) is 5.63. The van der Waals surface area contributed by atoms with E-state index in [0.29, 0.717) is 11.5 Å². The molecule has 2 rings (SSSR count). The molecule has 2 atom stereocenters. The van der Waals surface area contributed by atoms with Crippen molar-refractivity contribution in [1.29, 1.82) is 0 Å². The minimum absolute atomic E-state index is 0.277. The largest absolute Gasteiger partial charge is 0.375 e. The highest BCUT2D eigenvalue weighted by atomic mass is 16.5. The van der Waals surface area contributed by atoms with E-state index in [2.05, 4.69) is 33.0 Å². The highest BCUT2D eigenvalue weighted by Crippen LogP contribution is 2.47. The highest BCUT2D eigenvalue weighted by Gasteiger charge is 2.46. The van der Waals surface area contributed by atoms with Gasteiger partial charge in [0, 0.05) is 12.6 Å². The zero-order chi connectivity index (χ0) is 13.9. The highest BCUT2D eigenvalue weighted by molar-refractivity contribution is 4.99. The monoisotopic (exact) mass is 267 g/mol. The third-order valence-corrected chi connectivity index (χ3v) is 5.63. The molecule has 1 saturated heterocycles. The molecular formula is C17H33NO. The molecule has 0 bridgehead atoms. The Labute approximate surface area is 119 Å². The summed E-state index contributed by atoms with van der Waals surface area (Å²) in [5.41, 5.74) is 0.668. The summed E-state index contributed by atoms with van der Waals surface area (Å²) in [6.07, 6.45) is 8.98. The first-order chi connectivity index (χ1) is 9.03. The van der Waals surface area contributed by atoms with Crippen LogP contribution in [0.2, 0.25) is 0 Å². The van der Waals surface area contributed by atoms with Crippen molar-refractivity contribution in [2.24, 2.45) is 11.3 Å². The first kappa shape index (κ1) is 15.3. The lowest BCUT2D eigenvalue weighted by atomic mass is 9.65. The molecule has 0 aromatic rings. The van der Waals surface area contributed by atoms with E-state index in [1.807, 2.05) is 0 Å². The average molecular weight is 267 g/mol. The van der Waals surface area contributed by atoms with Crippen molar-refractivity contribution in [2.45, 2.75) is 84.3 Å². The molecule has 0 amide bonds. The molecule has 0 radical (unpaired) electrons. The summed E-state index contributed by atoms with van der Waals surface area (Å²) >= 11 is 0. The van der Waals surface area contributed by atoms with Gasteiger partial charge in [0.25, 0.3) is 0 Å². The van der Waals surface area contributed by atoms with Crippen molar-refractivity contribution in [1.82, 2.24) is 5.32 Å². The van der Waals surface area contributed by atoms with Crippen LogP contribution in [0.25, 0.3) is 0 Å². The van der Waals surface area contributed by atoms with Gasteiger partial charge in [0.15, 0.2) is 0 Å². The Balaban J connectivity index is 2.04. The number of nitrogens with one attached hydrogen (secondary N) is 1. The second-order valence-electron chi connectivity index (χ2n) is 7.41. The minimum Gasteiger partial charge on any atom is -0.375 e. The summed E-state index contributed by atoms with van der Waals surface area (Å²) in [5.74, 6) is 0.801. The van der Waals surface area contributed by atoms with E-state index in [4.69, 9.17) is 4.74 Å². The molecule has 2 nitrogen and oxygen atoms in total. The molecule has 1 saturated carbocycles. The first-order valence-corrected chi connectivity index (χ1v) is 8.40. The minimum atomic E-state index is 0.277. The lowest BCUT2D eigenvalue weighted by Gasteiger charge is -2.51. The summed E-state index contributed by atoms with van der Waals surface area (Å²) < 4.78 is 6.10. The Hall–Kier alpha value is -0.0800. The molecule has 0 aromatic carbocycles. The zero-order valence-corrected chi connectivity index (χ0v) is 13.4. The van der Waals surface area contributed by atoms with E-state index in [-0.39, 0.29) is 5.60 Å². The summed E-state index contributed by atoms with van der Waals surface area (Å²) in [6, 6.07) is 0.652. The smallest absolute Gasteiger partial charge is 0.0685 e. The van der Waals surface area contributed by atoms with E-state index in [0.717, 1.165) is 19.1 Å². The normalized spacial score (nSPS) is 28.1. The van der Waals surface area contributed by atoms with Crippen molar-refractivity contribution in [3.8, 4) is 0 Å². The average Bonchev–Trinajstić information content (AvgIpc) is 2.37. The van der Waals surface area contributed by atoms with Gasteiger partial charge in [0.1, 0.15) is 0 Å². The molecule has 2 fully saturated rings. The van der Waals surface area contributed by atoms with Crippen molar-refractivity contribution in [3.63, 3.8) is 0 Å². The lowest BCUT2D eigenvalue weighted by Crippen LogP contribution is -2.54. The second-order valence-corrected chi connectivity index (χ2v) is 7.41. The molecule has 1 heterocycles. The molecule has 2 heteroatoms. The quantitative estimate of drug-likeness (QED) is 0.781. The molecule has 2 unspecified atom stereocenters. The molecule has 112 valence electrons. The predicted octanol–water partition coefficient (Wildman–Crippen LogP) is 4.14. The van der Waals surface area contributed by atoms with Gasteiger partial charge in [-0.05, 0) is 62.8 Å². The molecule has 1 aliphatic carbocycles. The van der Waals surface area contributed by atoms with E-state index < -0.39 is 0 Å². The molecule has 1 N–H and O–H groups in total. The summed E-state index contributed by atoms with van der Waals surface area (Å²) in [7, 11) is 0. The van der Waals surface area contributed by atoms with Gasteiger partial charge in [0.2, 0.25) is 0 Å². The van der Waals surface area contributed by atoms with Crippen LogP contribution in [0.5, 0.6) is 0 Å². The molecule has 1 spiro atoms.